The summed E-state index contributed by atoms with van der Waals surface area (Å²) in [5.74, 6) is -1.44. The lowest BCUT2D eigenvalue weighted by Crippen LogP contribution is -2.41. The lowest BCUT2D eigenvalue weighted by atomic mass is 10.1. The second kappa shape index (κ2) is 6.87. The van der Waals surface area contributed by atoms with Gasteiger partial charge in [-0.1, -0.05) is 0 Å². The standard InChI is InChI=1S/C13H19N3O5/c1-7(2)16(6-11(18)19)10(17)5-4-9-8(3)14-13(21)15-12(9)20/h7H,4-6H2,1-3H3,(H,18,19)(H2,14,15,20,21). The van der Waals surface area contributed by atoms with Crippen LogP contribution in [0, 0.1) is 6.92 Å². The van der Waals surface area contributed by atoms with Gasteiger partial charge in [0.2, 0.25) is 5.91 Å². The van der Waals surface area contributed by atoms with E-state index in [-0.39, 0.29) is 31.3 Å². The topological polar surface area (TPSA) is 123 Å². The highest BCUT2D eigenvalue weighted by Crippen LogP contribution is 2.06. The van der Waals surface area contributed by atoms with Crippen molar-refractivity contribution in [1.82, 2.24) is 14.9 Å². The van der Waals surface area contributed by atoms with Crippen molar-refractivity contribution in [3.05, 3.63) is 32.1 Å². The molecular weight excluding hydrogens is 278 g/mol. The van der Waals surface area contributed by atoms with Crippen LogP contribution in [0.25, 0.3) is 0 Å². The van der Waals surface area contributed by atoms with Crippen LogP contribution in [0.15, 0.2) is 9.59 Å². The second-order valence-corrected chi connectivity index (χ2v) is 5.02. The smallest absolute Gasteiger partial charge is 0.325 e. The Balaban J connectivity index is 2.83. The number of amides is 1. The minimum atomic E-state index is -1.09. The fourth-order valence-corrected chi connectivity index (χ4v) is 2.01. The van der Waals surface area contributed by atoms with E-state index in [1.165, 1.54) is 4.90 Å². The highest BCUT2D eigenvalue weighted by atomic mass is 16.4. The van der Waals surface area contributed by atoms with Gasteiger partial charge in [0.1, 0.15) is 6.54 Å². The molecule has 0 aromatic carbocycles. The Bertz CT molecular complexity index is 644. The van der Waals surface area contributed by atoms with E-state index in [1.807, 2.05) is 0 Å². The molecule has 0 saturated heterocycles. The molecule has 0 atom stereocenters. The van der Waals surface area contributed by atoms with Crippen molar-refractivity contribution < 1.29 is 14.7 Å². The van der Waals surface area contributed by atoms with E-state index in [0.29, 0.717) is 11.3 Å². The van der Waals surface area contributed by atoms with Gasteiger partial charge in [-0.15, -0.1) is 0 Å². The molecule has 0 unspecified atom stereocenters. The van der Waals surface area contributed by atoms with Crippen molar-refractivity contribution in [2.24, 2.45) is 0 Å². The number of carbonyl (C=O) groups is 2. The van der Waals surface area contributed by atoms with Gasteiger partial charge in [-0.05, 0) is 27.2 Å². The third kappa shape index (κ3) is 4.59. The highest BCUT2D eigenvalue weighted by molar-refractivity contribution is 5.81. The molecule has 0 fully saturated rings. The van der Waals surface area contributed by atoms with Crippen LogP contribution in [-0.4, -0.2) is 44.4 Å². The molecule has 1 amide bonds. The van der Waals surface area contributed by atoms with E-state index < -0.39 is 17.2 Å². The fraction of sp³-hybridized carbons (Fsp3) is 0.538. The number of hydrogen-bond acceptors (Lipinski definition) is 4. The summed E-state index contributed by atoms with van der Waals surface area (Å²) >= 11 is 0. The van der Waals surface area contributed by atoms with Gasteiger partial charge in [0.25, 0.3) is 5.56 Å². The molecule has 8 heteroatoms. The number of nitrogens with zero attached hydrogens (tertiary/aromatic N) is 1. The summed E-state index contributed by atoms with van der Waals surface area (Å²) in [6, 6.07) is -0.247. The van der Waals surface area contributed by atoms with Crippen molar-refractivity contribution in [3.8, 4) is 0 Å². The Morgan fingerprint density at radius 1 is 1.24 bits per heavy atom. The number of aryl methyl sites for hydroxylation is 1. The summed E-state index contributed by atoms with van der Waals surface area (Å²) in [7, 11) is 0. The summed E-state index contributed by atoms with van der Waals surface area (Å²) in [5.41, 5.74) is -0.395. The number of H-pyrrole nitrogens is 2. The van der Waals surface area contributed by atoms with Crippen LogP contribution >= 0.6 is 0 Å². The summed E-state index contributed by atoms with van der Waals surface area (Å²) in [5, 5.41) is 8.80. The number of aromatic nitrogens is 2. The summed E-state index contributed by atoms with van der Waals surface area (Å²) in [6.45, 7) is 4.64. The van der Waals surface area contributed by atoms with E-state index in [2.05, 4.69) is 9.97 Å². The van der Waals surface area contributed by atoms with Crippen LogP contribution in [0.5, 0.6) is 0 Å². The van der Waals surface area contributed by atoms with Gasteiger partial charge in [0, 0.05) is 23.7 Å². The molecule has 1 rings (SSSR count). The third-order valence-electron chi connectivity index (χ3n) is 3.09. The minimum absolute atomic E-state index is 0.00141. The molecule has 1 aromatic heterocycles. The van der Waals surface area contributed by atoms with Gasteiger partial charge in [-0.25, -0.2) is 4.79 Å². The predicted molar refractivity (Wildman–Crippen MR) is 75.2 cm³/mol. The normalized spacial score (nSPS) is 10.7. The number of hydrogen-bond donors (Lipinski definition) is 3. The number of aromatic amines is 2. The Labute approximate surface area is 120 Å². The van der Waals surface area contributed by atoms with Crippen LogP contribution in [0.4, 0.5) is 0 Å². The molecule has 3 N–H and O–H groups in total. The molecule has 0 aliphatic rings. The predicted octanol–water partition coefficient (Wildman–Crippen LogP) is -0.374. The van der Waals surface area contributed by atoms with Crippen LogP contribution in [0.1, 0.15) is 31.5 Å². The van der Waals surface area contributed by atoms with Crippen LogP contribution in [-0.2, 0) is 16.0 Å². The van der Waals surface area contributed by atoms with Gasteiger partial charge < -0.3 is 15.0 Å². The third-order valence-corrected chi connectivity index (χ3v) is 3.09. The van der Waals surface area contributed by atoms with Crippen molar-refractivity contribution >= 4 is 11.9 Å². The molecule has 1 heterocycles. The number of carbonyl (C=O) groups excluding carboxylic acids is 1. The first kappa shape index (κ1) is 16.7. The minimum Gasteiger partial charge on any atom is -0.480 e. The van der Waals surface area contributed by atoms with Crippen LogP contribution < -0.4 is 11.2 Å². The number of carboxylic acids is 1. The van der Waals surface area contributed by atoms with Crippen molar-refractivity contribution in [2.75, 3.05) is 6.54 Å². The molecule has 0 bridgehead atoms. The molecule has 21 heavy (non-hydrogen) atoms. The maximum atomic E-state index is 12.1. The quantitative estimate of drug-likeness (QED) is 0.660. The largest absolute Gasteiger partial charge is 0.480 e. The zero-order chi connectivity index (χ0) is 16.2. The molecule has 0 aliphatic heterocycles. The first-order valence-corrected chi connectivity index (χ1v) is 6.55. The Morgan fingerprint density at radius 2 is 1.86 bits per heavy atom. The lowest BCUT2D eigenvalue weighted by Gasteiger charge is -2.24. The number of aliphatic carboxylic acids is 1. The SMILES string of the molecule is Cc1[nH]c(=O)[nH]c(=O)c1CCC(=O)N(CC(=O)O)C(C)C. The van der Waals surface area contributed by atoms with Crippen molar-refractivity contribution in [2.45, 2.75) is 39.7 Å². The molecule has 116 valence electrons. The van der Waals surface area contributed by atoms with Gasteiger partial charge in [0.05, 0.1) is 0 Å². The van der Waals surface area contributed by atoms with E-state index in [4.69, 9.17) is 5.11 Å². The number of nitrogens with one attached hydrogen (secondary N) is 2. The second-order valence-electron chi connectivity index (χ2n) is 5.02. The first-order valence-electron chi connectivity index (χ1n) is 6.55. The summed E-state index contributed by atoms with van der Waals surface area (Å²) < 4.78 is 0. The Hall–Kier alpha value is -2.38. The van der Waals surface area contributed by atoms with Crippen LogP contribution in [0.2, 0.25) is 0 Å². The molecule has 1 aromatic rings. The fourth-order valence-electron chi connectivity index (χ4n) is 2.01. The van der Waals surface area contributed by atoms with E-state index in [9.17, 15) is 19.2 Å². The van der Waals surface area contributed by atoms with Crippen LogP contribution in [0.3, 0.4) is 0 Å². The number of carboxylic acid groups (broad SMARTS) is 1. The van der Waals surface area contributed by atoms with Gasteiger partial charge in [-0.3, -0.25) is 19.4 Å². The average molecular weight is 297 g/mol. The van der Waals surface area contributed by atoms with Gasteiger partial charge in [0.15, 0.2) is 0 Å². The maximum Gasteiger partial charge on any atom is 0.325 e. The van der Waals surface area contributed by atoms with Gasteiger partial charge in [-0.2, -0.15) is 0 Å². The molecule has 8 nitrogen and oxygen atoms in total. The lowest BCUT2D eigenvalue weighted by molar-refractivity contribution is -0.145. The highest BCUT2D eigenvalue weighted by Gasteiger charge is 2.20. The van der Waals surface area contributed by atoms with E-state index in [1.54, 1.807) is 20.8 Å². The van der Waals surface area contributed by atoms with Gasteiger partial charge >= 0.3 is 11.7 Å². The molecule has 0 aliphatic carbocycles. The van der Waals surface area contributed by atoms with Crippen molar-refractivity contribution in [3.63, 3.8) is 0 Å². The average Bonchev–Trinajstić information content (AvgIpc) is 2.33. The maximum absolute atomic E-state index is 12.1. The molecular formula is C13H19N3O5. The molecule has 0 saturated carbocycles. The number of rotatable bonds is 6. The Morgan fingerprint density at radius 3 is 2.33 bits per heavy atom. The monoisotopic (exact) mass is 297 g/mol. The van der Waals surface area contributed by atoms with Crippen molar-refractivity contribution in [1.29, 1.82) is 0 Å². The first-order chi connectivity index (χ1) is 9.72. The summed E-state index contributed by atoms with van der Waals surface area (Å²) in [4.78, 5) is 51.3. The Kier molecular flexibility index (Phi) is 5.45. The van der Waals surface area contributed by atoms with E-state index >= 15 is 0 Å². The summed E-state index contributed by atoms with van der Waals surface area (Å²) in [6.07, 6.45) is 0.140. The molecule has 0 radical (unpaired) electrons. The van der Waals surface area contributed by atoms with E-state index in [0.717, 1.165) is 0 Å². The molecule has 0 spiro atoms. The zero-order valence-corrected chi connectivity index (χ0v) is 12.2. The zero-order valence-electron chi connectivity index (χ0n) is 12.2.